The molecule has 0 atom stereocenters. The number of carbonyl (C=O) groups excluding carboxylic acids is 2. The zero-order valence-electron chi connectivity index (χ0n) is 16.4. The van der Waals surface area contributed by atoms with Gasteiger partial charge in [0.25, 0.3) is 11.6 Å². The number of allylic oxidation sites excluding steroid dienone is 4. The quantitative estimate of drug-likeness (QED) is 0.123. The van der Waals surface area contributed by atoms with Gasteiger partial charge in [0.05, 0.1) is 0 Å². The molecule has 0 fully saturated rings. The van der Waals surface area contributed by atoms with Crippen LogP contribution in [0.4, 0.5) is 52.7 Å². The molecule has 0 saturated heterocycles. The Labute approximate surface area is 215 Å². The van der Waals surface area contributed by atoms with Crippen molar-refractivity contribution in [3.63, 3.8) is 0 Å². The van der Waals surface area contributed by atoms with E-state index in [4.69, 9.17) is 10.2 Å². The Morgan fingerprint density at radius 3 is 1.06 bits per heavy atom. The van der Waals surface area contributed by atoms with Crippen LogP contribution in [0, 0.1) is 11.8 Å². The van der Waals surface area contributed by atoms with Gasteiger partial charge in [0.2, 0.25) is 11.5 Å². The van der Waals surface area contributed by atoms with Crippen molar-refractivity contribution < 1.29 is 117 Å². The zero-order chi connectivity index (χ0) is 26.6. The summed E-state index contributed by atoms with van der Waals surface area (Å²) in [6.45, 7) is 4.00. The Bertz CT molecular complexity index is 685. The molecule has 0 rings (SSSR count). The monoisotopic (exact) mass is 712 g/mol. The standard InChI is InChI=1S/C6H10.2C5H2F6O2.2Ag/c1-3-5-6-4-2;2*6-4(7,8)2(12)1-3(13)5(9,10)11;;/h3,5H2,1-2H3;2*1,12H;;/b;2*2-1-;;. The van der Waals surface area contributed by atoms with Crippen molar-refractivity contribution in [3.05, 3.63) is 23.7 Å². The van der Waals surface area contributed by atoms with Crippen molar-refractivity contribution in [2.75, 3.05) is 0 Å². The van der Waals surface area contributed by atoms with Gasteiger partial charge in [-0.15, -0.1) is 11.8 Å². The third kappa shape index (κ3) is 23.8. The van der Waals surface area contributed by atoms with Gasteiger partial charge in [-0.1, -0.05) is 6.92 Å². The number of hydrogen-bond acceptors (Lipinski definition) is 4. The molecule has 0 saturated carbocycles. The molecule has 0 aromatic rings. The summed E-state index contributed by atoms with van der Waals surface area (Å²) in [6, 6.07) is 0. The Kier molecular flexibility index (Phi) is 22.6. The third-order valence-corrected chi connectivity index (χ3v) is 2.23. The third-order valence-electron chi connectivity index (χ3n) is 2.23. The Morgan fingerprint density at radius 1 is 0.676 bits per heavy atom. The van der Waals surface area contributed by atoms with Gasteiger partial charge < -0.3 is 10.2 Å². The Hall–Kier alpha value is -1.38. The molecule has 208 valence electrons. The predicted molar refractivity (Wildman–Crippen MR) is 84.0 cm³/mol. The van der Waals surface area contributed by atoms with Crippen LogP contribution < -0.4 is 0 Å². The van der Waals surface area contributed by atoms with E-state index in [-0.39, 0.29) is 44.8 Å². The molecule has 4 nitrogen and oxygen atoms in total. The van der Waals surface area contributed by atoms with Crippen LogP contribution in [-0.2, 0) is 54.3 Å². The van der Waals surface area contributed by atoms with Gasteiger partial charge >= 0.3 is 24.7 Å². The summed E-state index contributed by atoms with van der Waals surface area (Å²) >= 11 is 0. The summed E-state index contributed by atoms with van der Waals surface area (Å²) in [5, 5.41) is 15.9. The van der Waals surface area contributed by atoms with E-state index in [1.54, 1.807) is 0 Å². The van der Waals surface area contributed by atoms with Crippen LogP contribution in [0.1, 0.15) is 26.7 Å². The SMILES string of the molecule is CC#CCCC.O=C(/C=C(\O)C(F)(F)F)C(F)(F)F.O=C(/C=C(\O)C(F)(F)F)C(F)(F)F.[Ag].[Ag]. The number of hydrogen-bond donors (Lipinski definition) is 2. The van der Waals surface area contributed by atoms with Crippen molar-refractivity contribution in [2.24, 2.45) is 0 Å². The fraction of sp³-hybridized carbons (Fsp3) is 0.500. The molecule has 34 heavy (non-hydrogen) atoms. The van der Waals surface area contributed by atoms with Crippen LogP contribution in [0.2, 0.25) is 0 Å². The molecule has 0 aromatic carbocycles. The second-order valence-corrected chi connectivity index (χ2v) is 4.96. The van der Waals surface area contributed by atoms with E-state index in [0.29, 0.717) is 0 Å². The van der Waals surface area contributed by atoms with Crippen molar-refractivity contribution in [3.8, 4) is 11.8 Å². The van der Waals surface area contributed by atoms with E-state index in [1.807, 2.05) is 6.92 Å². The fourth-order valence-corrected chi connectivity index (χ4v) is 0.826. The number of aliphatic hydroxyl groups is 2. The molecule has 2 N–H and O–H groups in total. The maximum atomic E-state index is 11.4. The van der Waals surface area contributed by atoms with Crippen LogP contribution in [-0.4, -0.2) is 46.5 Å². The number of halogens is 12. The maximum Gasteiger partial charge on any atom is 0.454 e. The summed E-state index contributed by atoms with van der Waals surface area (Å²) in [6.07, 6.45) is -21.1. The minimum Gasteiger partial charge on any atom is -0.504 e. The van der Waals surface area contributed by atoms with Crippen LogP contribution in [0.5, 0.6) is 0 Å². The number of ketones is 2. The number of carbonyl (C=O) groups is 2. The normalized spacial score (nSPS) is 12.2. The Balaban J connectivity index is -0.000000128. The summed E-state index contributed by atoms with van der Waals surface area (Å²) < 4.78 is 136. The molecular weight excluding hydrogens is 700 g/mol. The van der Waals surface area contributed by atoms with Gasteiger partial charge in [-0.25, -0.2) is 0 Å². The van der Waals surface area contributed by atoms with Gasteiger partial charge in [0.15, 0.2) is 0 Å². The molecule has 0 bridgehead atoms. The smallest absolute Gasteiger partial charge is 0.454 e. The van der Waals surface area contributed by atoms with Crippen molar-refractivity contribution in [1.29, 1.82) is 0 Å². The van der Waals surface area contributed by atoms with Gasteiger partial charge in [0, 0.05) is 63.3 Å². The predicted octanol–water partition coefficient (Wildman–Crippen LogP) is 6.05. The summed E-state index contributed by atoms with van der Waals surface area (Å²) in [4.78, 5) is 19.7. The van der Waals surface area contributed by atoms with E-state index in [9.17, 15) is 62.3 Å². The average molecular weight is 714 g/mol. The van der Waals surface area contributed by atoms with E-state index < -0.39 is 59.9 Å². The van der Waals surface area contributed by atoms with Gasteiger partial charge in [-0.3, -0.25) is 9.59 Å². The van der Waals surface area contributed by atoms with Crippen LogP contribution >= 0.6 is 0 Å². The van der Waals surface area contributed by atoms with E-state index >= 15 is 0 Å². The average Bonchev–Trinajstić information content (AvgIpc) is 2.57. The van der Waals surface area contributed by atoms with Crippen molar-refractivity contribution in [2.45, 2.75) is 51.4 Å². The summed E-state index contributed by atoms with van der Waals surface area (Å²) in [7, 11) is 0. The van der Waals surface area contributed by atoms with Crippen LogP contribution in [0.3, 0.4) is 0 Å². The molecular formula is C16H14Ag2F12O4. The molecule has 0 aliphatic carbocycles. The van der Waals surface area contributed by atoms with Crippen molar-refractivity contribution >= 4 is 11.6 Å². The van der Waals surface area contributed by atoms with Gasteiger partial charge in [-0.2, -0.15) is 52.7 Å². The maximum absolute atomic E-state index is 11.4. The second-order valence-electron chi connectivity index (χ2n) is 4.96. The summed E-state index contributed by atoms with van der Waals surface area (Å²) in [5.41, 5.74) is 0. The number of alkyl halides is 12. The topological polar surface area (TPSA) is 74.6 Å². The number of aliphatic hydroxyl groups excluding tert-OH is 2. The van der Waals surface area contributed by atoms with Crippen molar-refractivity contribution in [1.82, 2.24) is 0 Å². The molecule has 0 aromatic heterocycles. The van der Waals surface area contributed by atoms with Crippen LogP contribution in [0.15, 0.2) is 23.7 Å². The molecule has 0 aliphatic rings. The number of rotatable bonds is 3. The first-order chi connectivity index (χ1) is 14.0. The van der Waals surface area contributed by atoms with Gasteiger partial charge in [-0.05, 0) is 13.3 Å². The fourth-order valence-electron chi connectivity index (χ4n) is 0.826. The Morgan fingerprint density at radius 2 is 0.941 bits per heavy atom. The molecule has 0 heterocycles. The van der Waals surface area contributed by atoms with Gasteiger partial charge in [0.1, 0.15) is 0 Å². The molecule has 2 radical (unpaired) electrons. The number of unbranched alkanes of at least 4 members (excludes halogenated alkanes) is 1. The van der Waals surface area contributed by atoms with E-state index in [1.165, 1.54) is 6.42 Å². The second kappa shape index (κ2) is 18.0. The molecule has 0 aliphatic heterocycles. The first-order valence-electron chi connectivity index (χ1n) is 7.59. The summed E-state index contributed by atoms with van der Waals surface area (Å²) in [5.74, 6) is -4.91. The minimum atomic E-state index is -5.42. The van der Waals surface area contributed by atoms with E-state index in [2.05, 4.69) is 18.8 Å². The molecule has 0 spiro atoms. The van der Waals surface area contributed by atoms with Crippen LogP contribution in [0.25, 0.3) is 0 Å². The molecule has 0 unspecified atom stereocenters. The molecule has 0 amide bonds. The molecule has 18 heteroatoms. The largest absolute Gasteiger partial charge is 0.504 e. The van der Waals surface area contributed by atoms with E-state index in [0.717, 1.165) is 6.42 Å². The first kappa shape index (κ1) is 42.8. The zero-order valence-corrected chi connectivity index (χ0v) is 19.4. The first-order valence-corrected chi connectivity index (χ1v) is 7.59. The minimum absolute atomic E-state index is 0.